The van der Waals surface area contributed by atoms with Gasteiger partial charge in [0.25, 0.3) is 5.56 Å². The smallest absolute Gasteiger partial charge is 0.326 e. The van der Waals surface area contributed by atoms with Gasteiger partial charge in [0.15, 0.2) is 5.82 Å². The highest BCUT2D eigenvalue weighted by molar-refractivity contribution is 5.79. The molecule has 1 unspecified atom stereocenters. The zero-order chi connectivity index (χ0) is 12.3. The van der Waals surface area contributed by atoms with Crippen LogP contribution in [-0.2, 0) is 4.79 Å². The second-order valence-electron chi connectivity index (χ2n) is 3.34. The van der Waals surface area contributed by atoms with Gasteiger partial charge in [0, 0.05) is 7.05 Å². The number of nitrogens with two attached hydrogens (primary N) is 1. The summed E-state index contributed by atoms with van der Waals surface area (Å²) < 4.78 is 0. The fourth-order valence-corrected chi connectivity index (χ4v) is 1.44. The molecular formula is C9H14N4O3. The Morgan fingerprint density at radius 1 is 1.75 bits per heavy atom. The van der Waals surface area contributed by atoms with Crippen LogP contribution in [0.25, 0.3) is 0 Å². The summed E-state index contributed by atoms with van der Waals surface area (Å²) in [4.78, 5) is 29.7. The summed E-state index contributed by atoms with van der Waals surface area (Å²) in [6.45, 7) is 1.73. The second-order valence-corrected chi connectivity index (χ2v) is 3.34. The number of aliphatic carboxylic acids is 1. The van der Waals surface area contributed by atoms with E-state index in [0.717, 1.165) is 0 Å². The Labute approximate surface area is 91.9 Å². The minimum absolute atomic E-state index is 0.0790. The van der Waals surface area contributed by atoms with E-state index in [1.807, 2.05) is 0 Å². The number of rotatable bonds is 4. The van der Waals surface area contributed by atoms with E-state index in [1.54, 1.807) is 14.0 Å². The van der Waals surface area contributed by atoms with Crippen LogP contribution in [0.1, 0.15) is 13.3 Å². The molecule has 0 fully saturated rings. The van der Waals surface area contributed by atoms with Crippen LogP contribution in [0.15, 0.2) is 11.1 Å². The molecule has 1 atom stereocenters. The molecule has 0 saturated carbocycles. The highest BCUT2D eigenvalue weighted by Gasteiger charge is 2.23. The average Bonchev–Trinajstić information content (AvgIpc) is 2.22. The number of hydrogen-bond acceptors (Lipinski definition) is 5. The standard InChI is InChI=1S/C9H14N4O3/c1-3-5(9(15)16)13(2)7-6(10)8(14)12-4-11-7/h4-5H,3,10H2,1-2H3,(H,15,16)(H,11,12,14). The zero-order valence-electron chi connectivity index (χ0n) is 9.10. The normalized spacial score (nSPS) is 12.1. The van der Waals surface area contributed by atoms with Gasteiger partial charge in [-0.25, -0.2) is 9.78 Å². The third kappa shape index (κ3) is 2.13. The molecular weight excluding hydrogens is 212 g/mol. The molecule has 7 nitrogen and oxygen atoms in total. The molecule has 4 N–H and O–H groups in total. The van der Waals surface area contributed by atoms with Crippen LogP contribution in [0, 0.1) is 0 Å². The van der Waals surface area contributed by atoms with Crippen LogP contribution < -0.4 is 16.2 Å². The molecule has 0 aromatic carbocycles. The summed E-state index contributed by atoms with van der Waals surface area (Å²) in [7, 11) is 1.54. The maximum atomic E-state index is 11.2. The molecule has 0 radical (unpaired) electrons. The number of carboxylic acids is 1. The molecule has 88 valence electrons. The fraction of sp³-hybridized carbons (Fsp3) is 0.444. The van der Waals surface area contributed by atoms with Crippen LogP contribution >= 0.6 is 0 Å². The van der Waals surface area contributed by atoms with Crippen LogP contribution in [-0.4, -0.2) is 34.1 Å². The highest BCUT2D eigenvalue weighted by Crippen LogP contribution is 2.17. The summed E-state index contributed by atoms with van der Waals surface area (Å²) in [6.07, 6.45) is 1.58. The number of carboxylic acid groups (broad SMARTS) is 1. The van der Waals surface area contributed by atoms with Crippen LogP contribution in [0.5, 0.6) is 0 Å². The monoisotopic (exact) mass is 226 g/mol. The Bertz CT molecular complexity index is 443. The third-order valence-electron chi connectivity index (χ3n) is 2.34. The molecule has 1 aromatic heterocycles. The van der Waals surface area contributed by atoms with E-state index >= 15 is 0 Å². The van der Waals surface area contributed by atoms with Crippen molar-refractivity contribution in [3.05, 3.63) is 16.7 Å². The topological polar surface area (TPSA) is 112 Å². The van der Waals surface area contributed by atoms with Gasteiger partial charge in [-0.1, -0.05) is 6.92 Å². The predicted molar refractivity (Wildman–Crippen MR) is 59.4 cm³/mol. The van der Waals surface area contributed by atoms with Crippen molar-refractivity contribution in [3.8, 4) is 0 Å². The lowest BCUT2D eigenvalue weighted by atomic mass is 10.2. The number of nitrogen functional groups attached to an aromatic ring is 1. The average molecular weight is 226 g/mol. The quantitative estimate of drug-likeness (QED) is 0.647. The van der Waals surface area contributed by atoms with Crippen LogP contribution in [0.4, 0.5) is 11.5 Å². The lowest BCUT2D eigenvalue weighted by molar-refractivity contribution is -0.138. The van der Waals surface area contributed by atoms with Crippen molar-refractivity contribution in [2.24, 2.45) is 0 Å². The van der Waals surface area contributed by atoms with E-state index < -0.39 is 17.6 Å². The minimum Gasteiger partial charge on any atom is -0.480 e. The maximum Gasteiger partial charge on any atom is 0.326 e. The second kappa shape index (κ2) is 4.65. The van der Waals surface area contributed by atoms with Gasteiger partial charge in [0.2, 0.25) is 0 Å². The zero-order valence-corrected chi connectivity index (χ0v) is 9.10. The van der Waals surface area contributed by atoms with Gasteiger partial charge in [0.05, 0.1) is 6.33 Å². The number of hydrogen-bond donors (Lipinski definition) is 3. The lowest BCUT2D eigenvalue weighted by Crippen LogP contribution is -2.39. The largest absolute Gasteiger partial charge is 0.480 e. The molecule has 0 aliphatic heterocycles. The van der Waals surface area contributed by atoms with Crippen LogP contribution in [0.2, 0.25) is 0 Å². The molecule has 7 heteroatoms. The highest BCUT2D eigenvalue weighted by atomic mass is 16.4. The molecule has 0 aliphatic rings. The first-order valence-electron chi connectivity index (χ1n) is 4.77. The molecule has 0 saturated heterocycles. The number of nitrogens with zero attached hydrogens (tertiary/aromatic N) is 2. The molecule has 0 aliphatic carbocycles. The van der Waals surface area contributed by atoms with Crippen molar-refractivity contribution in [2.45, 2.75) is 19.4 Å². The molecule has 1 aromatic rings. The van der Waals surface area contributed by atoms with E-state index in [9.17, 15) is 9.59 Å². The molecule has 0 spiro atoms. The first-order valence-corrected chi connectivity index (χ1v) is 4.77. The molecule has 16 heavy (non-hydrogen) atoms. The number of nitrogens with one attached hydrogen (secondary N) is 1. The number of carbonyl (C=O) groups is 1. The summed E-state index contributed by atoms with van der Waals surface area (Å²) in [5, 5.41) is 8.97. The number of likely N-dealkylation sites (N-methyl/N-ethyl adjacent to an activating group) is 1. The summed E-state index contributed by atoms with van der Waals surface area (Å²) in [5.74, 6) is -0.801. The van der Waals surface area contributed by atoms with Gasteiger partial charge < -0.3 is 20.7 Å². The summed E-state index contributed by atoms with van der Waals surface area (Å²) >= 11 is 0. The van der Waals surface area contributed by atoms with E-state index in [-0.39, 0.29) is 11.5 Å². The maximum absolute atomic E-state index is 11.2. The Morgan fingerprint density at radius 3 is 2.88 bits per heavy atom. The van der Waals surface area contributed by atoms with E-state index in [0.29, 0.717) is 6.42 Å². The van der Waals surface area contributed by atoms with Gasteiger partial charge in [-0.3, -0.25) is 4.79 Å². The number of aromatic nitrogens is 2. The van der Waals surface area contributed by atoms with E-state index in [2.05, 4.69) is 9.97 Å². The van der Waals surface area contributed by atoms with Gasteiger partial charge in [0.1, 0.15) is 11.7 Å². The minimum atomic E-state index is -0.980. The van der Waals surface area contributed by atoms with Crippen molar-refractivity contribution in [1.82, 2.24) is 9.97 Å². The van der Waals surface area contributed by atoms with Gasteiger partial charge in [-0.05, 0) is 6.42 Å². The van der Waals surface area contributed by atoms with Crippen LogP contribution in [0.3, 0.4) is 0 Å². The van der Waals surface area contributed by atoms with Crippen molar-refractivity contribution < 1.29 is 9.90 Å². The van der Waals surface area contributed by atoms with E-state index in [1.165, 1.54) is 11.2 Å². The Kier molecular flexibility index (Phi) is 3.49. The van der Waals surface area contributed by atoms with Crippen molar-refractivity contribution in [1.29, 1.82) is 0 Å². The first-order chi connectivity index (χ1) is 7.49. The summed E-state index contributed by atoms with van der Waals surface area (Å²) in [5.41, 5.74) is 4.98. The SMILES string of the molecule is CCC(C(=O)O)N(C)c1nc[nH]c(=O)c1N. The fourth-order valence-electron chi connectivity index (χ4n) is 1.44. The van der Waals surface area contributed by atoms with Crippen molar-refractivity contribution in [3.63, 3.8) is 0 Å². The Hall–Kier alpha value is -2.05. The first kappa shape index (κ1) is 12.0. The third-order valence-corrected chi connectivity index (χ3v) is 2.34. The van der Waals surface area contributed by atoms with Crippen molar-refractivity contribution >= 4 is 17.5 Å². The van der Waals surface area contributed by atoms with Crippen molar-refractivity contribution in [2.75, 3.05) is 17.7 Å². The number of aromatic amines is 1. The predicted octanol–water partition coefficient (Wildman–Crippen LogP) is -0.348. The molecule has 0 bridgehead atoms. The molecule has 1 heterocycles. The Morgan fingerprint density at radius 2 is 2.38 bits per heavy atom. The number of H-pyrrole nitrogens is 1. The lowest BCUT2D eigenvalue weighted by Gasteiger charge is -2.25. The van der Waals surface area contributed by atoms with Gasteiger partial charge in [-0.15, -0.1) is 0 Å². The molecule has 1 rings (SSSR count). The molecule has 0 amide bonds. The number of anilines is 2. The summed E-state index contributed by atoms with van der Waals surface area (Å²) in [6, 6.07) is -0.753. The van der Waals surface area contributed by atoms with Gasteiger partial charge in [-0.2, -0.15) is 0 Å². The Balaban J connectivity index is 3.13. The van der Waals surface area contributed by atoms with E-state index in [4.69, 9.17) is 10.8 Å². The van der Waals surface area contributed by atoms with Gasteiger partial charge >= 0.3 is 5.97 Å².